The number of aromatic nitrogens is 3. The first kappa shape index (κ1) is 16.2. The normalized spacial score (nSPS) is 15.0. The summed E-state index contributed by atoms with van der Waals surface area (Å²) in [7, 11) is 0. The number of anilines is 2. The molecular formula is C17H21N5O2. The highest BCUT2D eigenvalue weighted by Gasteiger charge is 2.17. The summed E-state index contributed by atoms with van der Waals surface area (Å²) in [6.07, 6.45) is 7.62. The number of nitrogens with zero attached hydrogens (tertiary/aromatic N) is 3. The number of benzene rings is 1. The summed E-state index contributed by atoms with van der Waals surface area (Å²) in [5.74, 6) is -0.105. The molecule has 7 nitrogen and oxygen atoms in total. The second-order valence-corrected chi connectivity index (χ2v) is 6.05. The molecule has 1 heterocycles. The van der Waals surface area contributed by atoms with Crippen molar-refractivity contribution in [2.75, 3.05) is 10.6 Å². The molecule has 0 radical (unpaired) electrons. The van der Waals surface area contributed by atoms with E-state index >= 15 is 0 Å². The highest BCUT2D eigenvalue weighted by atomic mass is 16.2. The van der Waals surface area contributed by atoms with Gasteiger partial charge in [-0.05, 0) is 37.1 Å². The Morgan fingerprint density at radius 3 is 2.46 bits per heavy atom. The van der Waals surface area contributed by atoms with Gasteiger partial charge in [-0.25, -0.2) is 9.67 Å². The fraction of sp³-hybridized carbons (Fsp3) is 0.412. The summed E-state index contributed by atoms with van der Waals surface area (Å²) in [5.41, 5.74) is 1.14. The number of hydrogen-bond acceptors (Lipinski definition) is 4. The number of carbonyl (C=O) groups excluding carboxylic acids is 2. The minimum absolute atomic E-state index is 0.148. The highest BCUT2D eigenvalue weighted by molar-refractivity contribution is 6.03. The third-order valence-electron chi connectivity index (χ3n) is 4.15. The van der Waals surface area contributed by atoms with Gasteiger partial charge in [-0.2, -0.15) is 0 Å². The molecule has 1 aliphatic rings. The van der Waals surface area contributed by atoms with Gasteiger partial charge in [0.2, 0.25) is 11.9 Å². The predicted molar refractivity (Wildman–Crippen MR) is 90.8 cm³/mol. The van der Waals surface area contributed by atoms with E-state index in [0.717, 1.165) is 12.8 Å². The van der Waals surface area contributed by atoms with Crippen molar-refractivity contribution in [2.45, 2.75) is 45.1 Å². The van der Waals surface area contributed by atoms with Crippen LogP contribution in [0.2, 0.25) is 0 Å². The summed E-state index contributed by atoms with van der Waals surface area (Å²) in [6, 6.07) is 7.06. The second-order valence-electron chi connectivity index (χ2n) is 6.05. The molecule has 2 N–H and O–H groups in total. The van der Waals surface area contributed by atoms with Crippen molar-refractivity contribution in [1.29, 1.82) is 0 Å². The summed E-state index contributed by atoms with van der Waals surface area (Å²) in [6.45, 7) is 1.44. The molecule has 2 amide bonds. The summed E-state index contributed by atoms with van der Waals surface area (Å²) in [4.78, 5) is 27.4. The van der Waals surface area contributed by atoms with E-state index < -0.39 is 0 Å². The van der Waals surface area contributed by atoms with Gasteiger partial charge in [0.05, 0.1) is 6.04 Å². The van der Waals surface area contributed by atoms with E-state index in [1.165, 1.54) is 26.2 Å². The van der Waals surface area contributed by atoms with Gasteiger partial charge in [-0.15, -0.1) is 5.10 Å². The van der Waals surface area contributed by atoms with Crippen LogP contribution in [0.3, 0.4) is 0 Å². The van der Waals surface area contributed by atoms with Crippen LogP contribution in [-0.2, 0) is 4.79 Å². The standard InChI is InChI=1S/C17H21N5O2/c1-12(23)19-14-9-7-13(8-10-14)16(24)20-17-18-11-22(21-17)15-5-3-2-4-6-15/h7-11,15H,2-6H2,1H3,(H,19,23)(H,20,21,24). The van der Waals surface area contributed by atoms with Gasteiger partial charge in [0.25, 0.3) is 5.91 Å². The van der Waals surface area contributed by atoms with Gasteiger partial charge in [0.15, 0.2) is 0 Å². The molecule has 3 rings (SSSR count). The van der Waals surface area contributed by atoms with E-state index in [-0.39, 0.29) is 11.8 Å². The lowest BCUT2D eigenvalue weighted by molar-refractivity contribution is -0.114. The van der Waals surface area contributed by atoms with Gasteiger partial charge in [0, 0.05) is 18.2 Å². The van der Waals surface area contributed by atoms with Crippen LogP contribution in [0.5, 0.6) is 0 Å². The van der Waals surface area contributed by atoms with Crippen LogP contribution in [0.25, 0.3) is 0 Å². The van der Waals surface area contributed by atoms with Crippen LogP contribution < -0.4 is 10.6 Å². The lowest BCUT2D eigenvalue weighted by Gasteiger charge is -2.21. The van der Waals surface area contributed by atoms with Gasteiger partial charge < -0.3 is 5.32 Å². The van der Waals surface area contributed by atoms with E-state index in [2.05, 4.69) is 20.7 Å². The Bertz CT molecular complexity index is 717. The molecule has 1 aromatic heterocycles. The molecule has 0 saturated heterocycles. The third-order valence-corrected chi connectivity index (χ3v) is 4.15. The Labute approximate surface area is 140 Å². The van der Waals surface area contributed by atoms with Crippen molar-refractivity contribution in [3.8, 4) is 0 Å². The van der Waals surface area contributed by atoms with Crippen molar-refractivity contribution in [3.05, 3.63) is 36.2 Å². The lowest BCUT2D eigenvalue weighted by Crippen LogP contribution is -2.16. The van der Waals surface area contributed by atoms with Gasteiger partial charge in [-0.3, -0.25) is 14.9 Å². The SMILES string of the molecule is CC(=O)Nc1ccc(C(=O)Nc2ncn(C3CCCCC3)n2)cc1. The Morgan fingerprint density at radius 2 is 1.79 bits per heavy atom. The number of carbonyl (C=O) groups is 2. The van der Waals surface area contributed by atoms with Crippen molar-refractivity contribution in [3.63, 3.8) is 0 Å². The monoisotopic (exact) mass is 327 g/mol. The van der Waals surface area contributed by atoms with Crippen molar-refractivity contribution in [2.24, 2.45) is 0 Å². The van der Waals surface area contributed by atoms with Crippen molar-refractivity contribution >= 4 is 23.5 Å². The maximum Gasteiger partial charge on any atom is 0.258 e. The van der Waals surface area contributed by atoms with Crippen LogP contribution in [0.1, 0.15) is 55.4 Å². The van der Waals surface area contributed by atoms with E-state index in [1.807, 2.05) is 4.68 Å². The Hall–Kier alpha value is -2.70. The number of amides is 2. The third kappa shape index (κ3) is 3.98. The number of nitrogens with one attached hydrogen (secondary N) is 2. The smallest absolute Gasteiger partial charge is 0.258 e. The average molecular weight is 327 g/mol. The molecule has 1 aromatic carbocycles. The van der Waals surface area contributed by atoms with E-state index in [4.69, 9.17) is 0 Å². The zero-order valence-electron chi connectivity index (χ0n) is 13.7. The first-order valence-electron chi connectivity index (χ1n) is 8.22. The predicted octanol–water partition coefficient (Wildman–Crippen LogP) is 2.99. The Balaban J connectivity index is 1.62. The van der Waals surface area contributed by atoms with Crippen LogP contribution >= 0.6 is 0 Å². The lowest BCUT2D eigenvalue weighted by atomic mass is 9.96. The molecule has 0 unspecified atom stereocenters. The molecule has 0 spiro atoms. The van der Waals surface area contributed by atoms with E-state index in [0.29, 0.717) is 23.2 Å². The maximum absolute atomic E-state index is 12.2. The summed E-state index contributed by atoms with van der Waals surface area (Å²) < 4.78 is 1.86. The first-order chi connectivity index (χ1) is 11.6. The largest absolute Gasteiger partial charge is 0.326 e. The van der Waals surface area contributed by atoms with Crippen molar-refractivity contribution < 1.29 is 9.59 Å². The van der Waals surface area contributed by atoms with Gasteiger partial charge in [-0.1, -0.05) is 19.3 Å². The highest BCUT2D eigenvalue weighted by Crippen LogP contribution is 2.27. The zero-order chi connectivity index (χ0) is 16.9. The number of hydrogen-bond donors (Lipinski definition) is 2. The molecule has 24 heavy (non-hydrogen) atoms. The molecule has 7 heteroatoms. The molecule has 1 saturated carbocycles. The molecule has 0 aliphatic heterocycles. The zero-order valence-corrected chi connectivity index (χ0v) is 13.7. The maximum atomic E-state index is 12.2. The summed E-state index contributed by atoms with van der Waals surface area (Å²) in [5, 5.41) is 9.74. The van der Waals surface area contributed by atoms with Gasteiger partial charge in [0.1, 0.15) is 6.33 Å². The van der Waals surface area contributed by atoms with Crippen LogP contribution in [0.15, 0.2) is 30.6 Å². The molecular weight excluding hydrogens is 306 g/mol. The van der Waals surface area contributed by atoms with Crippen LogP contribution in [0, 0.1) is 0 Å². The second kappa shape index (κ2) is 7.25. The van der Waals surface area contributed by atoms with Gasteiger partial charge >= 0.3 is 0 Å². The average Bonchev–Trinajstić information content (AvgIpc) is 3.04. The van der Waals surface area contributed by atoms with Crippen molar-refractivity contribution in [1.82, 2.24) is 14.8 Å². The van der Waals surface area contributed by atoms with E-state index in [9.17, 15) is 9.59 Å². The van der Waals surface area contributed by atoms with Crippen LogP contribution in [-0.4, -0.2) is 26.6 Å². The first-order valence-corrected chi connectivity index (χ1v) is 8.22. The molecule has 0 bridgehead atoms. The molecule has 2 aromatic rings. The molecule has 1 aliphatic carbocycles. The molecule has 0 atom stereocenters. The molecule has 1 fully saturated rings. The topological polar surface area (TPSA) is 88.9 Å². The Kier molecular flexibility index (Phi) is 4.88. The quantitative estimate of drug-likeness (QED) is 0.903. The molecule has 126 valence electrons. The fourth-order valence-corrected chi connectivity index (χ4v) is 2.94. The number of rotatable bonds is 4. The Morgan fingerprint density at radius 1 is 1.08 bits per heavy atom. The minimum Gasteiger partial charge on any atom is -0.326 e. The van der Waals surface area contributed by atoms with E-state index in [1.54, 1.807) is 30.6 Å². The fourth-order valence-electron chi connectivity index (χ4n) is 2.94. The van der Waals surface area contributed by atoms with Crippen LogP contribution in [0.4, 0.5) is 11.6 Å². The summed E-state index contributed by atoms with van der Waals surface area (Å²) >= 11 is 0. The minimum atomic E-state index is -0.272.